The van der Waals surface area contributed by atoms with Gasteiger partial charge in [-0.3, -0.25) is 4.98 Å². The average Bonchev–Trinajstić information content (AvgIpc) is 2.89. The first-order valence-corrected chi connectivity index (χ1v) is 7.19. The van der Waals surface area contributed by atoms with Crippen LogP contribution in [-0.2, 0) is 6.54 Å². The van der Waals surface area contributed by atoms with E-state index in [-0.39, 0.29) is 0 Å². The molecule has 0 N–H and O–H groups in total. The van der Waals surface area contributed by atoms with Crippen LogP contribution in [0.3, 0.4) is 0 Å². The molecular formula is C19H16N2. The van der Waals surface area contributed by atoms with Crippen LogP contribution < -0.4 is 0 Å². The summed E-state index contributed by atoms with van der Waals surface area (Å²) in [5.74, 6) is 0. The summed E-state index contributed by atoms with van der Waals surface area (Å²) in [6.45, 7) is 3.02. The lowest BCUT2D eigenvalue weighted by molar-refractivity contribution is 0.838. The number of hydrogen-bond acceptors (Lipinski definition) is 1. The van der Waals surface area contributed by atoms with E-state index in [0.717, 1.165) is 12.1 Å². The number of aromatic nitrogens is 2. The molecular weight excluding hydrogens is 256 g/mol. The highest BCUT2D eigenvalue weighted by Gasteiger charge is 2.03. The standard InChI is InChI=1S/C19H16N2/c1-14-4-6-16-8-10-21(19(16)11-14)13-15-5-7-18-17(12-15)3-2-9-20-18/h2-12H,13H2,1H3. The maximum atomic E-state index is 4.37. The van der Waals surface area contributed by atoms with Crippen LogP contribution in [0.2, 0.25) is 0 Å². The van der Waals surface area contributed by atoms with Crippen LogP contribution >= 0.6 is 0 Å². The fourth-order valence-electron chi connectivity index (χ4n) is 2.85. The van der Waals surface area contributed by atoms with E-state index in [1.807, 2.05) is 12.3 Å². The van der Waals surface area contributed by atoms with Crippen molar-refractivity contribution in [3.8, 4) is 0 Å². The summed E-state index contributed by atoms with van der Waals surface area (Å²) in [7, 11) is 0. The smallest absolute Gasteiger partial charge is 0.0702 e. The molecule has 0 fully saturated rings. The van der Waals surface area contributed by atoms with Crippen LogP contribution in [0.15, 0.2) is 67.0 Å². The first kappa shape index (κ1) is 12.2. The molecule has 2 heterocycles. The Bertz CT molecular complexity index is 935. The maximum Gasteiger partial charge on any atom is 0.0702 e. The van der Waals surface area contributed by atoms with E-state index in [9.17, 15) is 0 Å². The summed E-state index contributed by atoms with van der Waals surface area (Å²) in [5, 5.41) is 2.49. The Morgan fingerprint density at radius 2 is 1.90 bits per heavy atom. The number of hydrogen-bond donors (Lipinski definition) is 0. The van der Waals surface area contributed by atoms with Crippen LogP contribution in [0.4, 0.5) is 0 Å². The van der Waals surface area contributed by atoms with Gasteiger partial charge in [0.2, 0.25) is 0 Å². The van der Waals surface area contributed by atoms with Crippen molar-refractivity contribution in [3.63, 3.8) is 0 Å². The predicted octanol–water partition coefficient (Wildman–Crippen LogP) is 4.55. The summed E-state index contributed by atoms with van der Waals surface area (Å²) in [4.78, 5) is 4.37. The molecule has 0 aliphatic carbocycles. The Labute approximate surface area is 123 Å². The third-order valence-electron chi connectivity index (χ3n) is 3.95. The SMILES string of the molecule is Cc1ccc2ccn(Cc3ccc4ncccc4c3)c2c1. The zero-order chi connectivity index (χ0) is 14.2. The van der Waals surface area contributed by atoms with Gasteiger partial charge in [0.05, 0.1) is 5.52 Å². The molecule has 0 spiro atoms. The molecule has 0 saturated heterocycles. The largest absolute Gasteiger partial charge is 0.343 e. The van der Waals surface area contributed by atoms with E-state index >= 15 is 0 Å². The zero-order valence-corrected chi connectivity index (χ0v) is 12.0. The van der Waals surface area contributed by atoms with E-state index < -0.39 is 0 Å². The summed E-state index contributed by atoms with van der Waals surface area (Å²) < 4.78 is 2.31. The molecule has 0 radical (unpaired) electrons. The molecule has 0 atom stereocenters. The summed E-state index contributed by atoms with van der Waals surface area (Å²) >= 11 is 0. The Balaban J connectivity index is 1.77. The molecule has 102 valence electrons. The summed E-state index contributed by atoms with van der Waals surface area (Å²) in [5.41, 5.74) is 4.94. The van der Waals surface area contributed by atoms with Gasteiger partial charge in [-0.25, -0.2) is 0 Å². The van der Waals surface area contributed by atoms with E-state index in [1.165, 1.54) is 27.4 Å². The van der Waals surface area contributed by atoms with Gasteiger partial charge in [-0.05, 0) is 53.8 Å². The lowest BCUT2D eigenvalue weighted by Gasteiger charge is -2.07. The molecule has 0 amide bonds. The molecule has 4 rings (SSSR count). The van der Waals surface area contributed by atoms with Crippen LogP contribution in [0.1, 0.15) is 11.1 Å². The van der Waals surface area contributed by atoms with Crippen molar-refractivity contribution >= 4 is 21.8 Å². The lowest BCUT2D eigenvalue weighted by Crippen LogP contribution is -1.98. The zero-order valence-electron chi connectivity index (χ0n) is 12.0. The second kappa shape index (κ2) is 4.74. The Kier molecular flexibility index (Phi) is 2.74. The topological polar surface area (TPSA) is 17.8 Å². The van der Waals surface area contributed by atoms with E-state index in [2.05, 4.69) is 71.2 Å². The minimum Gasteiger partial charge on any atom is -0.343 e. The van der Waals surface area contributed by atoms with Gasteiger partial charge in [-0.1, -0.05) is 24.3 Å². The minimum absolute atomic E-state index is 0.887. The Hall–Kier alpha value is -2.61. The van der Waals surface area contributed by atoms with Crippen LogP contribution in [-0.4, -0.2) is 9.55 Å². The molecule has 0 bridgehead atoms. The maximum absolute atomic E-state index is 4.37. The van der Waals surface area contributed by atoms with Crippen molar-refractivity contribution in [2.24, 2.45) is 0 Å². The van der Waals surface area contributed by atoms with Crippen LogP contribution in [0, 0.1) is 6.92 Å². The first-order valence-electron chi connectivity index (χ1n) is 7.19. The second-order valence-corrected chi connectivity index (χ2v) is 5.54. The van der Waals surface area contributed by atoms with Crippen molar-refractivity contribution in [3.05, 3.63) is 78.1 Å². The fourth-order valence-corrected chi connectivity index (χ4v) is 2.85. The van der Waals surface area contributed by atoms with Crippen molar-refractivity contribution < 1.29 is 0 Å². The first-order chi connectivity index (χ1) is 10.3. The van der Waals surface area contributed by atoms with Crippen LogP contribution in [0.5, 0.6) is 0 Å². The molecule has 21 heavy (non-hydrogen) atoms. The summed E-state index contributed by atoms with van der Waals surface area (Å²) in [6.07, 6.45) is 4.00. The van der Waals surface area contributed by atoms with Gasteiger partial charge in [0.1, 0.15) is 0 Å². The van der Waals surface area contributed by atoms with Gasteiger partial charge in [0.15, 0.2) is 0 Å². The molecule has 4 aromatic rings. The third kappa shape index (κ3) is 2.19. The normalized spacial score (nSPS) is 11.3. The summed E-state index contributed by atoms with van der Waals surface area (Å²) in [6, 6.07) is 19.4. The highest BCUT2D eigenvalue weighted by molar-refractivity contribution is 5.81. The molecule has 2 heteroatoms. The van der Waals surface area contributed by atoms with E-state index in [0.29, 0.717) is 0 Å². The van der Waals surface area contributed by atoms with Crippen molar-refractivity contribution in [2.45, 2.75) is 13.5 Å². The molecule has 2 nitrogen and oxygen atoms in total. The van der Waals surface area contributed by atoms with E-state index in [1.54, 1.807) is 0 Å². The average molecular weight is 272 g/mol. The quantitative estimate of drug-likeness (QED) is 0.523. The fraction of sp³-hybridized carbons (Fsp3) is 0.105. The minimum atomic E-state index is 0.887. The third-order valence-corrected chi connectivity index (χ3v) is 3.95. The monoisotopic (exact) mass is 272 g/mol. The number of rotatable bonds is 2. The molecule has 0 saturated carbocycles. The number of benzene rings is 2. The Morgan fingerprint density at radius 1 is 0.952 bits per heavy atom. The number of pyridine rings is 1. The number of aryl methyl sites for hydroxylation is 1. The highest BCUT2D eigenvalue weighted by atomic mass is 14.9. The number of nitrogens with zero attached hydrogens (tertiary/aromatic N) is 2. The highest BCUT2D eigenvalue weighted by Crippen LogP contribution is 2.20. The molecule has 0 unspecified atom stereocenters. The van der Waals surface area contributed by atoms with Gasteiger partial charge >= 0.3 is 0 Å². The van der Waals surface area contributed by atoms with Crippen molar-refractivity contribution in [1.29, 1.82) is 0 Å². The molecule has 0 aliphatic rings. The van der Waals surface area contributed by atoms with Crippen molar-refractivity contribution in [1.82, 2.24) is 9.55 Å². The predicted molar refractivity (Wildman–Crippen MR) is 87.5 cm³/mol. The molecule has 2 aromatic heterocycles. The molecule has 0 aliphatic heterocycles. The second-order valence-electron chi connectivity index (χ2n) is 5.54. The van der Waals surface area contributed by atoms with Crippen LogP contribution in [0.25, 0.3) is 21.8 Å². The molecule has 2 aromatic carbocycles. The Morgan fingerprint density at radius 3 is 2.86 bits per heavy atom. The lowest BCUT2D eigenvalue weighted by atomic mass is 10.1. The van der Waals surface area contributed by atoms with Crippen molar-refractivity contribution in [2.75, 3.05) is 0 Å². The van der Waals surface area contributed by atoms with Gasteiger partial charge in [-0.2, -0.15) is 0 Å². The van der Waals surface area contributed by atoms with Gasteiger partial charge in [-0.15, -0.1) is 0 Å². The van der Waals surface area contributed by atoms with Gasteiger partial charge < -0.3 is 4.57 Å². The van der Waals surface area contributed by atoms with Gasteiger partial charge in [0, 0.05) is 29.8 Å². The van der Waals surface area contributed by atoms with E-state index in [4.69, 9.17) is 0 Å². The van der Waals surface area contributed by atoms with Gasteiger partial charge in [0.25, 0.3) is 0 Å². The number of fused-ring (bicyclic) bond motifs is 2.